The van der Waals surface area contributed by atoms with Crippen LogP contribution in [0.15, 0.2) is 24.3 Å². The molecule has 1 nitrogen and oxygen atoms in total. The van der Waals surface area contributed by atoms with E-state index in [9.17, 15) is 0 Å². The maximum atomic E-state index is 3.77. The Morgan fingerprint density at radius 1 is 1.31 bits per heavy atom. The quantitative estimate of drug-likeness (QED) is 0.555. The van der Waals surface area contributed by atoms with E-state index in [2.05, 4.69) is 46.5 Å². The van der Waals surface area contributed by atoms with Crippen LogP contribution in [-0.2, 0) is 0 Å². The van der Waals surface area contributed by atoms with Crippen LogP contribution in [0.2, 0.25) is 19.3 Å². The molecule has 0 aliphatic rings. The van der Waals surface area contributed by atoms with Crippen molar-refractivity contribution in [3.63, 3.8) is 0 Å². The van der Waals surface area contributed by atoms with E-state index in [0.29, 0.717) is 0 Å². The Kier molecular flexibility index (Phi) is 5.97. The van der Waals surface area contributed by atoms with Gasteiger partial charge in [-0.05, 0) is 0 Å². The first-order valence-corrected chi connectivity index (χ1v) is 15.4. The van der Waals surface area contributed by atoms with Crippen LogP contribution in [0.4, 0.5) is 0 Å². The summed E-state index contributed by atoms with van der Waals surface area (Å²) in [5.74, 6) is 0. The summed E-state index contributed by atoms with van der Waals surface area (Å²) in [7, 11) is 4.24. The van der Waals surface area contributed by atoms with Crippen LogP contribution in [0.1, 0.15) is 0 Å². The average Bonchev–Trinajstić information content (AvgIpc) is 1.81. The molecule has 0 unspecified atom stereocenters. The maximum absolute atomic E-state index is 3.77. The second-order valence-corrected chi connectivity index (χ2v) is 20.7. The molecule has 0 N–H and O–H groups in total. The second kappa shape index (κ2) is 5.86. The van der Waals surface area contributed by atoms with Crippen molar-refractivity contribution in [2.45, 2.75) is 19.3 Å². The van der Waals surface area contributed by atoms with Gasteiger partial charge in [-0.3, -0.25) is 0 Å². The molecule has 13 heavy (non-hydrogen) atoms. The first kappa shape index (κ1) is 13.2. The molecule has 0 aliphatic heterocycles. The zero-order valence-corrected chi connectivity index (χ0v) is 12.6. The fourth-order valence-corrected chi connectivity index (χ4v) is 5.97. The Morgan fingerprint density at radius 3 is 2.15 bits per heavy atom. The molecular weight excluding hydrogens is 265 g/mol. The number of nitrogens with zero attached hydrogens (tertiary/aromatic N) is 1. The Bertz CT molecular complexity index is 187. The molecule has 0 atom stereocenters. The fourth-order valence-electron chi connectivity index (χ4n) is 1.42. The van der Waals surface area contributed by atoms with Crippen molar-refractivity contribution in [3.8, 4) is 0 Å². The van der Waals surface area contributed by atoms with E-state index in [1.807, 2.05) is 6.08 Å². The van der Waals surface area contributed by atoms with Crippen LogP contribution in [0.25, 0.3) is 0 Å². The van der Waals surface area contributed by atoms with E-state index in [4.69, 9.17) is 0 Å². The third-order valence-electron chi connectivity index (χ3n) is 1.63. The summed E-state index contributed by atoms with van der Waals surface area (Å²) in [4.78, 5) is 9.65. The zero-order chi connectivity index (χ0) is 10.5. The van der Waals surface area contributed by atoms with Crippen molar-refractivity contribution in [2.24, 2.45) is 0 Å². The minimum atomic E-state index is -1.65. The van der Waals surface area contributed by atoms with E-state index in [1.54, 1.807) is 5.57 Å². The molecule has 0 radical (unpaired) electrons. The van der Waals surface area contributed by atoms with Gasteiger partial charge in [0.2, 0.25) is 0 Å². The Labute approximate surface area is 87.4 Å². The predicted octanol–water partition coefficient (Wildman–Crippen LogP) is 3.00. The third-order valence-corrected chi connectivity index (χ3v) is 5.95. The first-order chi connectivity index (χ1) is 5.85. The van der Waals surface area contributed by atoms with Gasteiger partial charge in [0.05, 0.1) is 0 Å². The SMILES string of the molecule is C=C/C=C(/CN(C)C)[CH2][Sn]([CH3])([CH3])[CH3]. The molecule has 0 aromatic carbocycles. The van der Waals surface area contributed by atoms with Crippen molar-refractivity contribution >= 4 is 18.4 Å². The summed E-state index contributed by atoms with van der Waals surface area (Å²) in [5, 5.41) is 0. The molecule has 0 aliphatic carbocycles. The van der Waals surface area contributed by atoms with Gasteiger partial charge < -0.3 is 0 Å². The van der Waals surface area contributed by atoms with Gasteiger partial charge in [-0.25, -0.2) is 0 Å². The summed E-state index contributed by atoms with van der Waals surface area (Å²) >= 11 is -1.65. The number of likely N-dealkylation sites (N-methyl/N-ethyl adjacent to an activating group) is 1. The van der Waals surface area contributed by atoms with Crippen LogP contribution >= 0.6 is 0 Å². The molecule has 76 valence electrons. The molecule has 0 spiro atoms. The van der Waals surface area contributed by atoms with E-state index in [1.165, 1.54) is 4.44 Å². The van der Waals surface area contributed by atoms with Crippen molar-refractivity contribution in [1.82, 2.24) is 4.90 Å². The summed E-state index contributed by atoms with van der Waals surface area (Å²) < 4.78 is 1.35. The predicted molar refractivity (Wildman–Crippen MR) is 65.0 cm³/mol. The van der Waals surface area contributed by atoms with E-state index >= 15 is 0 Å². The molecule has 0 bridgehead atoms. The van der Waals surface area contributed by atoms with Gasteiger partial charge in [0.15, 0.2) is 0 Å². The summed E-state index contributed by atoms with van der Waals surface area (Å²) in [6, 6.07) is 0. The third kappa shape index (κ3) is 8.57. The standard InChI is InChI=1S/C8H14N.3CH3.Sn/c1-5-6-8(2)7-9(3)4;;;;/h5-6H,1-2,7H2,3-4H3;3*1H3;/b8-6+;;;;. The first-order valence-electron chi connectivity index (χ1n) is 4.80. The van der Waals surface area contributed by atoms with Crippen LogP contribution in [-0.4, -0.2) is 43.9 Å². The number of rotatable bonds is 5. The molecule has 0 heterocycles. The Balaban J connectivity index is 4.28. The molecule has 0 rings (SSSR count). The van der Waals surface area contributed by atoms with Gasteiger partial charge in [0.25, 0.3) is 0 Å². The van der Waals surface area contributed by atoms with Gasteiger partial charge in [-0.2, -0.15) is 0 Å². The number of hydrogen-bond acceptors (Lipinski definition) is 1. The van der Waals surface area contributed by atoms with Crippen molar-refractivity contribution < 1.29 is 0 Å². The van der Waals surface area contributed by atoms with Crippen LogP contribution in [0.5, 0.6) is 0 Å². The fraction of sp³-hybridized carbons (Fsp3) is 0.636. The summed E-state index contributed by atoms with van der Waals surface area (Å²) in [6.07, 6.45) is 4.10. The van der Waals surface area contributed by atoms with Crippen molar-refractivity contribution in [3.05, 3.63) is 24.3 Å². The van der Waals surface area contributed by atoms with Crippen molar-refractivity contribution in [2.75, 3.05) is 20.6 Å². The second-order valence-electron chi connectivity index (χ2n) is 5.04. The Morgan fingerprint density at radius 2 is 1.85 bits per heavy atom. The molecule has 2 heteroatoms. The number of hydrogen-bond donors (Lipinski definition) is 0. The van der Waals surface area contributed by atoms with Gasteiger partial charge in [-0.1, -0.05) is 0 Å². The van der Waals surface area contributed by atoms with E-state index in [0.717, 1.165) is 6.54 Å². The summed E-state index contributed by atoms with van der Waals surface area (Å²) in [6.45, 7) is 4.85. The molecular formula is C11H23NSn. The molecule has 0 aromatic heterocycles. The van der Waals surface area contributed by atoms with Crippen LogP contribution in [0.3, 0.4) is 0 Å². The normalized spacial score (nSPS) is 13.5. The van der Waals surface area contributed by atoms with Crippen molar-refractivity contribution in [1.29, 1.82) is 0 Å². The monoisotopic (exact) mass is 289 g/mol. The van der Waals surface area contributed by atoms with E-state index in [-0.39, 0.29) is 0 Å². The molecule has 0 amide bonds. The van der Waals surface area contributed by atoms with Crippen LogP contribution < -0.4 is 0 Å². The minimum absolute atomic E-state index is 1.08. The topological polar surface area (TPSA) is 3.24 Å². The molecule has 0 saturated heterocycles. The average molecular weight is 288 g/mol. The number of allylic oxidation sites excluding steroid dienone is 2. The molecule has 0 aromatic rings. The van der Waals surface area contributed by atoms with Gasteiger partial charge in [0.1, 0.15) is 0 Å². The van der Waals surface area contributed by atoms with Gasteiger partial charge in [-0.15, -0.1) is 0 Å². The van der Waals surface area contributed by atoms with E-state index < -0.39 is 18.4 Å². The van der Waals surface area contributed by atoms with Gasteiger partial charge in [0, 0.05) is 0 Å². The van der Waals surface area contributed by atoms with Gasteiger partial charge >= 0.3 is 87.5 Å². The molecule has 0 fully saturated rings. The van der Waals surface area contributed by atoms with Crippen LogP contribution in [0, 0.1) is 0 Å². The summed E-state index contributed by atoms with van der Waals surface area (Å²) in [5.41, 5.74) is 1.54. The zero-order valence-electron chi connectivity index (χ0n) is 9.72. The Hall–Kier alpha value is 0.239. The molecule has 0 saturated carbocycles.